The lowest BCUT2D eigenvalue weighted by Crippen LogP contribution is -1.92. The number of rotatable bonds is 2. The molecule has 0 fully saturated rings. The Morgan fingerprint density at radius 3 is 3.00 bits per heavy atom. The molecule has 0 unspecified atom stereocenters. The first-order valence-corrected chi connectivity index (χ1v) is 4.58. The maximum Gasteiger partial charge on any atom is 0.0925 e. The van der Waals surface area contributed by atoms with Crippen molar-refractivity contribution < 1.29 is 0 Å². The Morgan fingerprint density at radius 1 is 1.36 bits per heavy atom. The average molecular weight is 183 g/mol. The van der Waals surface area contributed by atoms with Crippen molar-refractivity contribution in [3.05, 3.63) is 59.7 Å². The van der Waals surface area contributed by atoms with Gasteiger partial charge in [-0.25, -0.2) is 0 Å². The zero-order valence-corrected chi connectivity index (χ0v) is 8.07. The molecule has 0 aliphatic carbocycles. The predicted octanol–water partition coefficient (Wildman–Crippen LogP) is 2.18. The van der Waals surface area contributed by atoms with E-state index in [0.29, 0.717) is 0 Å². The highest BCUT2D eigenvalue weighted by atomic mass is 14.7. The molecule has 14 heavy (non-hydrogen) atoms. The third-order valence-corrected chi connectivity index (χ3v) is 1.98. The zero-order chi connectivity index (χ0) is 9.80. The van der Waals surface area contributed by atoms with Crippen LogP contribution in [-0.4, -0.2) is 9.97 Å². The standard InChI is InChI=1S/C12H11N2/c1-10-6-11(9-13-8-10)7-12-4-2-3-5-14-12/h2-6,8H,7H2,1H3. The fraction of sp³-hybridized carbons (Fsp3) is 0.167. The number of aromatic nitrogens is 2. The van der Waals surface area contributed by atoms with Crippen LogP contribution in [0.1, 0.15) is 16.8 Å². The van der Waals surface area contributed by atoms with Crippen LogP contribution in [0.25, 0.3) is 0 Å². The molecule has 0 aromatic carbocycles. The summed E-state index contributed by atoms with van der Waals surface area (Å²) in [5, 5.41) is 0. The number of nitrogens with zero attached hydrogens (tertiary/aromatic N) is 2. The minimum absolute atomic E-state index is 0.801. The van der Waals surface area contributed by atoms with Gasteiger partial charge in [-0.1, -0.05) is 12.1 Å². The molecule has 0 bridgehead atoms. The molecule has 2 heteroatoms. The average Bonchev–Trinajstić information content (AvgIpc) is 2.19. The molecule has 2 rings (SSSR count). The highest BCUT2D eigenvalue weighted by molar-refractivity contribution is 5.21. The molecule has 69 valence electrons. The van der Waals surface area contributed by atoms with E-state index in [4.69, 9.17) is 0 Å². The van der Waals surface area contributed by atoms with E-state index in [1.54, 1.807) is 6.20 Å². The van der Waals surface area contributed by atoms with Crippen LogP contribution < -0.4 is 0 Å². The van der Waals surface area contributed by atoms with Crippen molar-refractivity contribution in [2.75, 3.05) is 0 Å². The second-order valence-electron chi connectivity index (χ2n) is 3.28. The van der Waals surface area contributed by atoms with Crippen molar-refractivity contribution in [3.8, 4) is 0 Å². The van der Waals surface area contributed by atoms with Crippen molar-refractivity contribution in [2.45, 2.75) is 13.3 Å². The molecule has 2 aromatic rings. The third-order valence-electron chi connectivity index (χ3n) is 1.98. The van der Waals surface area contributed by atoms with E-state index in [1.165, 1.54) is 0 Å². The fourth-order valence-electron chi connectivity index (χ4n) is 1.35. The van der Waals surface area contributed by atoms with E-state index < -0.39 is 0 Å². The van der Waals surface area contributed by atoms with Gasteiger partial charge in [-0.15, -0.1) is 0 Å². The normalized spacial score (nSPS) is 10.1. The first-order valence-electron chi connectivity index (χ1n) is 4.58. The first kappa shape index (κ1) is 8.88. The summed E-state index contributed by atoms with van der Waals surface area (Å²) in [4.78, 5) is 8.28. The molecule has 0 saturated heterocycles. The Balaban J connectivity index is 2.19. The molecule has 0 spiro atoms. The van der Waals surface area contributed by atoms with Gasteiger partial charge in [0.1, 0.15) is 0 Å². The lowest BCUT2D eigenvalue weighted by atomic mass is 10.1. The Hall–Kier alpha value is -1.70. The van der Waals surface area contributed by atoms with Crippen molar-refractivity contribution in [2.24, 2.45) is 0 Å². The molecule has 2 heterocycles. The second kappa shape index (κ2) is 4.01. The monoisotopic (exact) mass is 183 g/mol. The van der Waals surface area contributed by atoms with Crippen molar-refractivity contribution in [3.63, 3.8) is 0 Å². The Kier molecular flexibility index (Phi) is 2.54. The van der Waals surface area contributed by atoms with E-state index in [1.807, 2.05) is 31.3 Å². The summed E-state index contributed by atoms with van der Waals surface area (Å²) in [7, 11) is 0. The SMILES string of the molecule is Cc1cn[c]c(Cc2ccccn2)c1. The maximum atomic E-state index is 4.26. The second-order valence-corrected chi connectivity index (χ2v) is 3.28. The summed E-state index contributed by atoms with van der Waals surface area (Å²) < 4.78 is 0. The highest BCUT2D eigenvalue weighted by Gasteiger charge is 1.97. The summed E-state index contributed by atoms with van der Waals surface area (Å²) >= 11 is 0. The van der Waals surface area contributed by atoms with Gasteiger partial charge in [-0.3, -0.25) is 9.97 Å². The van der Waals surface area contributed by atoms with Crippen molar-refractivity contribution >= 4 is 0 Å². The molecule has 0 amide bonds. The summed E-state index contributed by atoms with van der Waals surface area (Å²) in [6.07, 6.45) is 7.38. The molecule has 2 nitrogen and oxygen atoms in total. The van der Waals surface area contributed by atoms with Crippen LogP contribution >= 0.6 is 0 Å². The largest absolute Gasteiger partial charge is 0.261 e. The molecular formula is C12H11N2. The molecular weight excluding hydrogens is 172 g/mol. The van der Waals surface area contributed by atoms with Crippen molar-refractivity contribution in [1.29, 1.82) is 0 Å². The molecule has 0 aliphatic rings. The van der Waals surface area contributed by atoms with Gasteiger partial charge in [-0.05, 0) is 30.2 Å². The van der Waals surface area contributed by atoms with Gasteiger partial charge in [0.25, 0.3) is 0 Å². The molecule has 2 aromatic heterocycles. The highest BCUT2D eigenvalue weighted by Crippen LogP contribution is 2.06. The molecule has 0 N–H and O–H groups in total. The quantitative estimate of drug-likeness (QED) is 0.713. The number of aryl methyl sites for hydroxylation is 1. The summed E-state index contributed by atoms with van der Waals surface area (Å²) in [6.45, 7) is 2.03. The van der Waals surface area contributed by atoms with Gasteiger partial charge in [0, 0.05) is 24.5 Å². The van der Waals surface area contributed by atoms with Crippen LogP contribution in [0.5, 0.6) is 0 Å². The van der Waals surface area contributed by atoms with Gasteiger partial charge < -0.3 is 0 Å². The summed E-state index contributed by atoms with van der Waals surface area (Å²) in [6, 6.07) is 8.01. The van der Waals surface area contributed by atoms with E-state index in [-0.39, 0.29) is 0 Å². The topological polar surface area (TPSA) is 25.8 Å². The lowest BCUT2D eigenvalue weighted by molar-refractivity contribution is 1.05. The molecule has 0 saturated carbocycles. The smallest absolute Gasteiger partial charge is 0.0925 e. The van der Waals surface area contributed by atoms with E-state index in [2.05, 4.69) is 22.2 Å². The van der Waals surface area contributed by atoms with Crippen LogP contribution in [0.4, 0.5) is 0 Å². The van der Waals surface area contributed by atoms with Crippen LogP contribution in [0, 0.1) is 13.1 Å². The van der Waals surface area contributed by atoms with Crippen LogP contribution in [0.2, 0.25) is 0 Å². The first-order chi connectivity index (χ1) is 6.84. The lowest BCUT2D eigenvalue weighted by Gasteiger charge is -2.00. The van der Waals surface area contributed by atoms with Gasteiger partial charge in [0.15, 0.2) is 0 Å². The van der Waals surface area contributed by atoms with Crippen molar-refractivity contribution in [1.82, 2.24) is 9.97 Å². The Bertz CT molecular complexity index is 410. The molecule has 0 atom stereocenters. The van der Waals surface area contributed by atoms with Crippen LogP contribution in [0.3, 0.4) is 0 Å². The van der Waals surface area contributed by atoms with Crippen LogP contribution in [0.15, 0.2) is 36.7 Å². The number of pyridine rings is 2. The van der Waals surface area contributed by atoms with E-state index in [9.17, 15) is 0 Å². The molecule has 1 radical (unpaired) electrons. The van der Waals surface area contributed by atoms with Gasteiger partial charge in [0.05, 0.1) is 6.20 Å². The van der Waals surface area contributed by atoms with E-state index in [0.717, 1.165) is 23.2 Å². The van der Waals surface area contributed by atoms with Gasteiger partial charge in [0.2, 0.25) is 0 Å². The van der Waals surface area contributed by atoms with E-state index >= 15 is 0 Å². The predicted molar refractivity (Wildman–Crippen MR) is 54.9 cm³/mol. The Labute approximate surface area is 83.7 Å². The molecule has 0 aliphatic heterocycles. The summed E-state index contributed by atoms with van der Waals surface area (Å²) in [5.41, 5.74) is 3.30. The number of hydrogen-bond acceptors (Lipinski definition) is 2. The fourth-order valence-corrected chi connectivity index (χ4v) is 1.35. The van der Waals surface area contributed by atoms with Gasteiger partial charge in [-0.2, -0.15) is 0 Å². The minimum atomic E-state index is 0.801. The Morgan fingerprint density at radius 2 is 2.29 bits per heavy atom. The number of hydrogen-bond donors (Lipinski definition) is 0. The summed E-state index contributed by atoms with van der Waals surface area (Å²) in [5.74, 6) is 0. The maximum absolute atomic E-state index is 4.26. The van der Waals surface area contributed by atoms with Crippen LogP contribution in [-0.2, 0) is 6.42 Å². The third kappa shape index (κ3) is 2.16. The van der Waals surface area contributed by atoms with Gasteiger partial charge >= 0.3 is 0 Å². The zero-order valence-electron chi connectivity index (χ0n) is 8.07. The minimum Gasteiger partial charge on any atom is -0.261 e.